The van der Waals surface area contributed by atoms with Crippen LogP contribution in [0.5, 0.6) is 11.5 Å². The van der Waals surface area contributed by atoms with Gasteiger partial charge < -0.3 is 19.9 Å². The van der Waals surface area contributed by atoms with Crippen molar-refractivity contribution in [3.63, 3.8) is 0 Å². The summed E-state index contributed by atoms with van der Waals surface area (Å²) in [7, 11) is 0. The number of carbonyl (C=O) groups excluding carboxylic acids is 2. The minimum Gasteiger partial charge on any atom is -0.484 e. The number of primary amides is 1. The lowest BCUT2D eigenvalue weighted by Crippen LogP contribution is -2.19. The van der Waals surface area contributed by atoms with Gasteiger partial charge in [0.25, 0.3) is 5.91 Å². The van der Waals surface area contributed by atoms with Crippen molar-refractivity contribution in [2.45, 2.75) is 6.61 Å². The first-order valence-electron chi connectivity index (χ1n) is 8.00. The van der Waals surface area contributed by atoms with E-state index in [-0.39, 0.29) is 24.0 Å². The second kappa shape index (κ2) is 8.30. The topological polar surface area (TPSA) is 100 Å². The number of aliphatic imine (C=N–C) groups is 1. The molecule has 0 saturated heterocycles. The number of amides is 1. The summed E-state index contributed by atoms with van der Waals surface area (Å²) in [6.45, 7) is -3.16. The van der Waals surface area contributed by atoms with E-state index < -0.39 is 18.5 Å². The summed E-state index contributed by atoms with van der Waals surface area (Å²) in [5, 5.41) is 0. The molecule has 0 spiro atoms. The zero-order valence-electron chi connectivity index (χ0n) is 14.3. The summed E-state index contributed by atoms with van der Waals surface area (Å²) in [5.74, 6) is -0.739. The van der Waals surface area contributed by atoms with Crippen molar-refractivity contribution in [3.05, 3.63) is 65.4 Å². The smallest absolute Gasteiger partial charge is 0.387 e. The highest BCUT2D eigenvalue weighted by atomic mass is 19.3. The molecule has 0 bridgehead atoms. The van der Waals surface area contributed by atoms with Crippen molar-refractivity contribution in [1.29, 1.82) is 0 Å². The number of alkyl halides is 2. The molecular formula is C19H14F2N2O5. The third-order valence-electron chi connectivity index (χ3n) is 3.51. The number of hydrogen-bond donors (Lipinski definition) is 1. The molecule has 9 heteroatoms. The predicted octanol–water partition coefficient (Wildman–Crippen LogP) is 2.50. The lowest BCUT2D eigenvalue weighted by molar-refractivity contribution is -0.130. The SMILES string of the molecule is NC(=O)COc1ccc(/C=C2\N=C(c3ccc(OC(F)F)cc3)OC2=O)cc1. The molecule has 0 unspecified atom stereocenters. The molecule has 1 amide bonds. The molecule has 0 aromatic heterocycles. The van der Waals surface area contributed by atoms with Gasteiger partial charge >= 0.3 is 12.6 Å². The van der Waals surface area contributed by atoms with Crippen LogP contribution in [0.1, 0.15) is 11.1 Å². The Morgan fingerprint density at radius 2 is 1.75 bits per heavy atom. The molecule has 7 nitrogen and oxygen atoms in total. The maximum absolute atomic E-state index is 12.2. The number of halogens is 2. The fraction of sp³-hybridized carbons (Fsp3) is 0.105. The summed E-state index contributed by atoms with van der Waals surface area (Å²) in [5.41, 5.74) is 6.18. The molecule has 2 aromatic rings. The van der Waals surface area contributed by atoms with Gasteiger partial charge in [0, 0.05) is 5.56 Å². The van der Waals surface area contributed by atoms with Gasteiger partial charge in [0.2, 0.25) is 5.90 Å². The number of carbonyl (C=O) groups is 2. The van der Waals surface area contributed by atoms with Crippen molar-refractivity contribution in [2.24, 2.45) is 10.7 Å². The maximum atomic E-state index is 12.2. The fourth-order valence-electron chi connectivity index (χ4n) is 2.28. The van der Waals surface area contributed by atoms with Crippen LogP contribution in [0, 0.1) is 0 Å². The van der Waals surface area contributed by atoms with Crippen LogP contribution >= 0.6 is 0 Å². The third kappa shape index (κ3) is 4.91. The van der Waals surface area contributed by atoms with Crippen LogP contribution in [0.3, 0.4) is 0 Å². The molecule has 0 fully saturated rings. The largest absolute Gasteiger partial charge is 0.484 e. The van der Waals surface area contributed by atoms with Crippen LogP contribution < -0.4 is 15.2 Å². The van der Waals surface area contributed by atoms with E-state index in [1.807, 2.05) is 0 Å². The second-order valence-corrected chi connectivity index (χ2v) is 5.56. The summed E-state index contributed by atoms with van der Waals surface area (Å²) >= 11 is 0. The Morgan fingerprint density at radius 1 is 1.11 bits per heavy atom. The van der Waals surface area contributed by atoms with E-state index in [1.165, 1.54) is 30.3 Å². The Bertz CT molecular complexity index is 938. The Hall–Kier alpha value is -3.75. The Balaban J connectivity index is 1.73. The number of ether oxygens (including phenoxy) is 3. The molecular weight excluding hydrogens is 374 g/mol. The van der Waals surface area contributed by atoms with Crippen LogP contribution in [0.2, 0.25) is 0 Å². The molecule has 1 aliphatic rings. The van der Waals surface area contributed by atoms with Crippen LogP contribution in [0.25, 0.3) is 6.08 Å². The van der Waals surface area contributed by atoms with Crippen molar-refractivity contribution >= 4 is 23.9 Å². The van der Waals surface area contributed by atoms with Gasteiger partial charge in [0.1, 0.15) is 11.5 Å². The average Bonchev–Trinajstić information content (AvgIpc) is 3.02. The minimum atomic E-state index is -2.92. The highest BCUT2D eigenvalue weighted by Gasteiger charge is 2.24. The fourth-order valence-corrected chi connectivity index (χ4v) is 2.28. The minimum absolute atomic E-state index is 0.0157. The van der Waals surface area contributed by atoms with Gasteiger partial charge in [-0.05, 0) is 48.0 Å². The van der Waals surface area contributed by atoms with Crippen LogP contribution in [0.15, 0.2) is 59.2 Å². The number of cyclic esters (lactones) is 1. The van der Waals surface area contributed by atoms with Gasteiger partial charge in [-0.25, -0.2) is 9.79 Å². The first kappa shape index (κ1) is 19.0. The van der Waals surface area contributed by atoms with Gasteiger partial charge in [-0.2, -0.15) is 8.78 Å². The van der Waals surface area contributed by atoms with Gasteiger partial charge in [0.05, 0.1) is 0 Å². The van der Waals surface area contributed by atoms with E-state index >= 15 is 0 Å². The van der Waals surface area contributed by atoms with Crippen molar-refractivity contribution < 1.29 is 32.6 Å². The van der Waals surface area contributed by atoms with Gasteiger partial charge in [-0.15, -0.1) is 0 Å². The van der Waals surface area contributed by atoms with E-state index in [0.29, 0.717) is 16.9 Å². The number of nitrogens with two attached hydrogens (primary N) is 1. The van der Waals surface area contributed by atoms with Gasteiger partial charge in [-0.1, -0.05) is 12.1 Å². The molecule has 0 atom stereocenters. The van der Waals surface area contributed by atoms with Crippen LogP contribution in [-0.4, -0.2) is 31.0 Å². The number of nitrogens with zero attached hydrogens (tertiary/aromatic N) is 1. The molecule has 144 valence electrons. The molecule has 2 aromatic carbocycles. The average molecular weight is 388 g/mol. The number of rotatable bonds is 7. The van der Waals surface area contributed by atoms with E-state index in [1.54, 1.807) is 24.3 Å². The predicted molar refractivity (Wildman–Crippen MR) is 94.8 cm³/mol. The molecule has 1 heterocycles. The quantitative estimate of drug-likeness (QED) is 0.580. The highest BCUT2D eigenvalue weighted by Crippen LogP contribution is 2.22. The number of hydrogen-bond acceptors (Lipinski definition) is 6. The number of esters is 1. The van der Waals surface area contributed by atoms with Crippen LogP contribution in [0.4, 0.5) is 8.78 Å². The molecule has 0 saturated carbocycles. The lowest BCUT2D eigenvalue weighted by atomic mass is 10.2. The zero-order chi connectivity index (χ0) is 20.1. The molecule has 3 rings (SSSR count). The standard InChI is InChI=1S/C19H14F2N2O5/c20-19(21)27-14-7-3-12(4-8-14)17-23-15(18(25)28-17)9-11-1-5-13(6-2-11)26-10-16(22)24/h1-9,19H,10H2,(H2,22,24)/b15-9-. The summed E-state index contributed by atoms with van der Waals surface area (Å²) in [6.07, 6.45) is 1.52. The van der Waals surface area contributed by atoms with E-state index in [4.69, 9.17) is 15.2 Å². The first-order chi connectivity index (χ1) is 13.4. The van der Waals surface area contributed by atoms with E-state index in [9.17, 15) is 18.4 Å². The normalized spacial score (nSPS) is 14.8. The molecule has 1 aliphatic heterocycles. The monoisotopic (exact) mass is 388 g/mol. The zero-order valence-corrected chi connectivity index (χ0v) is 14.3. The maximum Gasteiger partial charge on any atom is 0.387 e. The van der Waals surface area contributed by atoms with E-state index in [2.05, 4.69) is 9.73 Å². The lowest BCUT2D eigenvalue weighted by Gasteiger charge is -2.04. The highest BCUT2D eigenvalue weighted by molar-refractivity contribution is 6.12. The van der Waals surface area contributed by atoms with Crippen molar-refractivity contribution in [2.75, 3.05) is 6.61 Å². The number of benzene rings is 2. The molecule has 0 aliphatic carbocycles. The molecule has 0 radical (unpaired) electrons. The van der Waals surface area contributed by atoms with Crippen molar-refractivity contribution in [3.8, 4) is 11.5 Å². The Kier molecular flexibility index (Phi) is 5.64. The summed E-state index contributed by atoms with van der Waals surface area (Å²) < 4.78 is 38.9. The van der Waals surface area contributed by atoms with Gasteiger partial charge in [-0.3, -0.25) is 4.79 Å². The van der Waals surface area contributed by atoms with E-state index in [0.717, 1.165) is 0 Å². The molecule has 28 heavy (non-hydrogen) atoms. The Morgan fingerprint density at radius 3 is 2.36 bits per heavy atom. The van der Waals surface area contributed by atoms with Gasteiger partial charge in [0.15, 0.2) is 12.3 Å². The third-order valence-corrected chi connectivity index (χ3v) is 3.51. The second-order valence-electron chi connectivity index (χ2n) is 5.56. The summed E-state index contributed by atoms with van der Waals surface area (Å²) in [6, 6.07) is 12.1. The van der Waals surface area contributed by atoms with Crippen molar-refractivity contribution in [1.82, 2.24) is 0 Å². The summed E-state index contributed by atoms with van der Waals surface area (Å²) in [4.78, 5) is 26.8. The van der Waals surface area contributed by atoms with Crippen LogP contribution in [-0.2, 0) is 14.3 Å². The first-order valence-corrected chi connectivity index (χ1v) is 8.00. The Labute approximate surface area is 158 Å². The molecule has 2 N–H and O–H groups in total.